The van der Waals surface area contributed by atoms with Crippen LogP contribution in [-0.2, 0) is 10.2 Å². The fourth-order valence-electron chi connectivity index (χ4n) is 4.10. The Bertz CT molecular complexity index is 972. The number of para-hydroxylation sites is 1. The lowest BCUT2D eigenvalue weighted by molar-refractivity contribution is -0.121. The number of nitrogens with one attached hydrogen (secondary N) is 1. The molecular formula is C22H23ClN2OS. The summed E-state index contributed by atoms with van der Waals surface area (Å²) in [5.41, 5.74) is 2.78. The highest BCUT2D eigenvalue weighted by Gasteiger charge is 2.43. The molecule has 2 aromatic carbocycles. The number of halogens is 1. The second kappa shape index (κ2) is 7.25. The highest BCUT2D eigenvalue weighted by molar-refractivity contribution is 7.22. The maximum Gasteiger partial charge on any atom is 0.236 e. The first-order valence-electron chi connectivity index (χ1n) is 9.46. The zero-order valence-corrected chi connectivity index (χ0v) is 17.2. The van der Waals surface area contributed by atoms with Crippen LogP contribution in [-0.4, -0.2) is 10.9 Å². The molecule has 0 aliphatic heterocycles. The zero-order valence-electron chi connectivity index (χ0n) is 15.6. The van der Waals surface area contributed by atoms with E-state index in [9.17, 15) is 4.79 Å². The first-order valence-corrected chi connectivity index (χ1v) is 10.7. The van der Waals surface area contributed by atoms with Gasteiger partial charge in [-0.2, -0.15) is 0 Å². The molecular weight excluding hydrogens is 376 g/mol. The fourth-order valence-corrected chi connectivity index (χ4v) is 5.12. The standard InChI is InChI=1S/C22H23ClN2OS/c1-14(2)17-6-5-7-18-19(17)24-21(27-18)25-20(26)22(12-3-4-13-22)15-8-10-16(23)11-9-15/h5-11,14H,3-4,12-13H2,1-2H3,(H,24,25,26). The first-order chi connectivity index (χ1) is 13.0. The molecule has 1 aliphatic rings. The van der Waals surface area contributed by atoms with E-state index in [4.69, 9.17) is 16.6 Å². The third kappa shape index (κ3) is 3.37. The minimum Gasteiger partial charge on any atom is -0.301 e. The van der Waals surface area contributed by atoms with Crippen LogP contribution in [0, 0.1) is 0 Å². The molecule has 1 heterocycles. The topological polar surface area (TPSA) is 42.0 Å². The third-order valence-electron chi connectivity index (χ3n) is 5.58. The summed E-state index contributed by atoms with van der Waals surface area (Å²) in [5, 5.41) is 4.51. The van der Waals surface area contributed by atoms with Gasteiger partial charge in [0.05, 0.1) is 15.6 Å². The van der Waals surface area contributed by atoms with E-state index in [0.29, 0.717) is 16.1 Å². The van der Waals surface area contributed by atoms with Crippen LogP contribution in [0.25, 0.3) is 10.2 Å². The Hall–Kier alpha value is -1.91. The molecule has 5 heteroatoms. The van der Waals surface area contributed by atoms with Gasteiger partial charge in [0.2, 0.25) is 5.91 Å². The van der Waals surface area contributed by atoms with Crippen LogP contribution in [0.5, 0.6) is 0 Å². The van der Waals surface area contributed by atoms with E-state index >= 15 is 0 Å². The number of fused-ring (bicyclic) bond motifs is 1. The van der Waals surface area contributed by atoms with Gasteiger partial charge >= 0.3 is 0 Å². The van der Waals surface area contributed by atoms with Crippen molar-refractivity contribution in [2.45, 2.75) is 50.9 Å². The third-order valence-corrected chi connectivity index (χ3v) is 6.77. The van der Waals surface area contributed by atoms with Crippen molar-refractivity contribution in [3.05, 3.63) is 58.6 Å². The van der Waals surface area contributed by atoms with Gasteiger partial charge in [0, 0.05) is 5.02 Å². The van der Waals surface area contributed by atoms with Crippen molar-refractivity contribution in [1.29, 1.82) is 0 Å². The van der Waals surface area contributed by atoms with Crippen LogP contribution in [0.4, 0.5) is 5.13 Å². The van der Waals surface area contributed by atoms with Crippen LogP contribution < -0.4 is 5.32 Å². The first kappa shape index (κ1) is 18.5. The van der Waals surface area contributed by atoms with Crippen molar-refractivity contribution >= 4 is 44.2 Å². The number of amides is 1. The zero-order chi connectivity index (χ0) is 19.0. The van der Waals surface area contributed by atoms with Gasteiger partial charge < -0.3 is 5.32 Å². The van der Waals surface area contributed by atoms with Crippen LogP contribution >= 0.6 is 22.9 Å². The van der Waals surface area contributed by atoms with E-state index in [2.05, 4.69) is 37.4 Å². The smallest absolute Gasteiger partial charge is 0.236 e. The summed E-state index contributed by atoms with van der Waals surface area (Å²) in [4.78, 5) is 18.1. The van der Waals surface area contributed by atoms with Crippen molar-refractivity contribution in [2.24, 2.45) is 0 Å². The Balaban J connectivity index is 1.67. The molecule has 1 saturated carbocycles. The summed E-state index contributed by atoms with van der Waals surface area (Å²) in [7, 11) is 0. The summed E-state index contributed by atoms with van der Waals surface area (Å²) < 4.78 is 1.11. The molecule has 1 aliphatic carbocycles. The molecule has 4 rings (SSSR count). The van der Waals surface area contributed by atoms with Crippen LogP contribution in [0.1, 0.15) is 56.6 Å². The second-order valence-corrected chi connectivity index (χ2v) is 9.09. The fraction of sp³-hybridized carbons (Fsp3) is 0.364. The predicted molar refractivity (Wildman–Crippen MR) is 114 cm³/mol. The van der Waals surface area contributed by atoms with Gasteiger partial charge in [0.1, 0.15) is 0 Å². The molecule has 0 bridgehead atoms. The maximum absolute atomic E-state index is 13.3. The molecule has 1 amide bonds. The molecule has 1 fully saturated rings. The van der Waals surface area contributed by atoms with Gasteiger partial charge in [0.15, 0.2) is 5.13 Å². The van der Waals surface area contributed by atoms with E-state index in [1.807, 2.05) is 24.3 Å². The molecule has 0 saturated heterocycles. The van der Waals surface area contributed by atoms with Crippen LogP contribution in [0.15, 0.2) is 42.5 Å². The molecule has 3 nitrogen and oxygen atoms in total. The lowest BCUT2D eigenvalue weighted by Gasteiger charge is -2.27. The normalized spacial score (nSPS) is 16.1. The van der Waals surface area contributed by atoms with E-state index in [1.54, 1.807) is 11.3 Å². The number of benzene rings is 2. The minimum atomic E-state index is -0.483. The van der Waals surface area contributed by atoms with Crippen LogP contribution in [0.3, 0.4) is 0 Å². The van der Waals surface area contributed by atoms with Gasteiger partial charge in [-0.1, -0.05) is 73.9 Å². The predicted octanol–water partition coefficient (Wildman–Crippen LogP) is 6.52. The molecule has 1 aromatic heterocycles. The Morgan fingerprint density at radius 3 is 2.52 bits per heavy atom. The Morgan fingerprint density at radius 1 is 1.15 bits per heavy atom. The summed E-state index contributed by atoms with van der Waals surface area (Å²) in [6, 6.07) is 14.0. The number of carbonyl (C=O) groups excluding carboxylic acids is 1. The molecule has 0 atom stereocenters. The molecule has 3 aromatic rings. The minimum absolute atomic E-state index is 0.0486. The number of anilines is 1. The number of rotatable bonds is 4. The molecule has 0 unspecified atom stereocenters. The summed E-state index contributed by atoms with van der Waals surface area (Å²) in [5.74, 6) is 0.446. The maximum atomic E-state index is 13.3. The molecule has 0 spiro atoms. The number of carbonyl (C=O) groups is 1. The summed E-state index contributed by atoms with van der Waals surface area (Å²) >= 11 is 7.60. The summed E-state index contributed by atoms with van der Waals surface area (Å²) in [6.45, 7) is 4.33. The van der Waals surface area contributed by atoms with Crippen molar-refractivity contribution in [2.75, 3.05) is 5.32 Å². The average molecular weight is 399 g/mol. The van der Waals surface area contributed by atoms with Gasteiger partial charge in [-0.15, -0.1) is 0 Å². The van der Waals surface area contributed by atoms with Gasteiger partial charge in [0.25, 0.3) is 0 Å². The van der Waals surface area contributed by atoms with Crippen molar-refractivity contribution in [1.82, 2.24) is 4.98 Å². The molecule has 140 valence electrons. The average Bonchev–Trinajstić information content (AvgIpc) is 3.29. The lowest BCUT2D eigenvalue weighted by Crippen LogP contribution is -2.37. The SMILES string of the molecule is CC(C)c1cccc2sc(NC(=O)C3(c4ccc(Cl)cc4)CCCC3)nc12. The number of thiazole rings is 1. The van der Waals surface area contributed by atoms with E-state index in [0.717, 1.165) is 41.5 Å². The Labute approximate surface area is 168 Å². The van der Waals surface area contributed by atoms with Gasteiger partial charge in [-0.05, 0) is 48.1 Å². The number of hydrogen-bond acceptors (Lipinski definition) is 3. The Morgan fingerprint density at radius 2 is 1.85 bits per heavy atom. The Kier molecular flexibility index (Phi) is 4.95. The van der Waals surface area contributed by atoms with Crippen molar-refractivity contribution in [3.63, 3.8) is 0 Å². The van der Waals surface area contributed by atoms with Gasteiger partial charge in [-0.25, -0.2) is 4.98 Å². The highest BCUT2D eigenvalue weighted by Crippen LogP contribution is 2.43. The van der Waals surface area contributed by atoms with Crippen molar-refractivity contribution < 1.29 is 4.79 Å². The van der Waals surface area contributed by atoms with Crippen LogP contribution in [0.2, 0.25) is 5.02 Å². The highest BCUT2D eigenvalue weighted by atomic mass is 35.5. The molecule has 27 heavy (non-hydrogen) atoms. The van der Waals surface area contributed by atoms with E-state index < -0.39 is 5.41 Å². The van der Waals surface area contributed by atoms with E-state index in [1.165, 1.54) is 5.56 Å². The van der Waals surface area contributed by atoms with Crippen molar-refractivity contribution in [3.8, 4) is 0 Å². The van der Waals surface area contributed by atoms with Gasteiger partial charge in [-0.3, -0.25) is 4.79 Å². The number of nitrogens with zero attached hydrogens (tertiary/aromatic N) is 1. The molecule has 1 N–H and O–H groups in total. The largest absolute Gasteiger partial charge is 0.301 e. The lowest BCUT2D eigenvalue weighted by atomic mass is 9.78. The second-order valence-electron chi connectivity index (χ2n) is 7.62. The summed E-state index contributed by atoms with van der Waals surface area (Å²) in [6.07, 6.45) is 3.85. The quantitative estimate of drug-likeness (QED) is 0.543. The monoisotopic (exact) mass is 398 g/mol. The number of aromatic nitrogens is 1. The number of hydrogen-bond donors (Lipinski definition) is 1. The van der Waals surface area contributed by atoms with E-state index in [-0.39, 0.29) is 5.91 Å². The molecule has 0 radical (unpaired) electrons.